The van der Waals surface area contributed by atoms with E-state index < -0.39 is 0 Å². The molecule has 2 nitrogen and oxygen atoms in total. The van der Waals surface area contributed by atoms with Crippen molar-refractivity contribution in [1.29, 1.82) is 0 Å². The molecule has 0 radical (unpaired) electrons. The molecule has 1 rings (SSSR count). The smallest absolute Gasteiger partial charge is 0.121 e. The Balaban J connectivity index is 2.34. The van der Waals surface area contributed by atoms with Gasteiger partial charge in [0.1, 0.15) is 12.4 Å². The Hall–Kier alpha value is -0.700. The third-order valence-electron chi connectivity index (χ3n) is 2.14. The van der Waals surface area contributed by atoms with Crippen LogP contribution in [0.1, 0.15) is 13.3 Å². The lowest BCUT2D eigenvalue weighted by atomic mass is 10.3. The van der Waals surface area contributed by atoms with Gasteiger partial charge in [-0.25, -0.2) is 0 Å². The highest BCUT2D eigenvalue weighted by molar-refractivity contribution is 6.42. The molecule has 0 spiro atoms. The zero-order chi connectivity index (χ0) is 12.7. The molecule has 0 saturated carbocycles. The molecule has 0 heterocycles. The third-order valence-corrected chi connectivity index (χ3v) is 2.87. The quantitative estimate of drug-likeness (QED) is 0.601. The maximum atomic E-state index is 5.88. The van der Waals surface area contributed by atoms with E-state index in [0.29, 0.717) is 22.4 Å². The molecule has 0 fully saturated rings. The Bertz CT molecular complexity index is 380. The van der Waals surface area contributed by atoms with Crippen LogP contribution in [0.4, 0.5) is 0 Å². The fraction of sp³-hybridized carbons (Fsp3) is 0.385. The fourth-order valence-electron chi connectivity index (χ4n) is 1.25. The number of benzene rings is 1. The van der Waals surface area contributed by atoms with E-state index in [9.17, 15) is 0 Å². The molecule has 0 aromatic heterocycles. The van der Waals surface area contributed by atoms with Gasteiger partial charge < -0.3 is 10.1 Å². The molecule has 0 amide bonds. The van der Waals surface area contributed by atoms with Crippen LogP contribution >= 0.6 is 23.2 Å². The topological polar surface area (TPSA) is 21.3 Å². The second kappa shape index (κ2) is 7.59. The van der Waals surface area contributed by atoms with Gasteiger partial charge in [-0.15, -0.1) is 0 Å². The van der Waals surface area contributed by atoms with Crippen LogP contribution < -0.4 is 10.1 Å². The summed E-state index contributed by atoms with van der Waals surface area (Å²) in [5.41, 5.74) is 1.00. The van der Waals surface area contributed by atoms with Gasteiger partial charge in [-0.1, -0.05) is 36.7 Å². The summed E-state index contributed by atoms with van der Waals surface area (Å²) < 4.78 is 5.55. The summed E-state index contributed by atoms with van der Waals surface area (Å²) in [7, 11) is 0. The van der Waals surface area contributed by atoms with Crippen molar-refractivity contribution in [3.8, 4) is 5.75 Å². The number of halogens is 2. The summed E-state index contributed by atoms with van der Waals surface area (Å²) in [6, 6.07) is 5.22. The van der Waals surface area contributed by atoms with Gasteiger partial charge in [0.15, 0.2) is 0 Å². The Morgan fingerprint density at radius 3 is 2.76 bits per heavy atom. The fourth-order valence-corrected chi connectivity index (χ4v) is 1.53. The van der Waals surface area contributed by atoms with Crippen LogP contribution in [0.3, 0.4) is 0 Å². The predicted molar refractivity (Wildman–Crippen MR) is 74.3 cm³/mol. The van der Waals surface area contributed by atoms with Gasteiger partial charge in [0.25, 0.3) is 0 Å². The normalized spacial score (nSPS) is 10.3. The number of nitrogens with one attached hydrogen (secondary N) is 1. The van der Waals surface area contributed by atoms with Crippen LogP contribution in [0, 0.1) is 0 Å². The molecule has 1 aromatic carbocycles. The van der Waals surface area contributed by atoms with Gasteiger partial charge in [-0.3, -0.25) is 0 Å². The number of rotatable bonds is 7. The standard InChI is InChI=1S/C13H17Cl2NO/c1-3-6-16-8-10(2)9-17-11-4-5-12(14)13(15)7-11/h4-5,7,16H,2-3,6,8-9H2,1H3. The van der Waals surface area contributed by atoms with Crippen molar-refractivity contribution < 1.29 is 4.74 Å². The van der Waals surface area contributed by atoms with Crippen LogP contribution in [0.2, 0.25) is 10.0 Å². The molecule has 0 atom stereocenters. The first-order valence-electron chi connectivity index (χ1n) is 5.58. The van der Waals surface area contributed by atoms with Gasteiger partial charge in [0.2, 0.25) is 0 Å². The highest BCUT2D eigenvalue weighted by Crippen LogP contribution is 2.26. The molecule has 4 heteroatoms. The molecular formula is C13H17Cl2NO. The largest absolute Gasteiger partial charge is 0.489 e. The minimum absolute atomic E-state index is 0.481. The molecule has 0 unspecified atom stereocenters. The van der Waals surface area contributed by atoms with E-state index in [-0.39, 0.29) is 0 Å². The predicted octanol–water partition coefficient (Wildman–Crippen LogP) is 3.93. The van der Waals surface area contributed by atoms with E-state index in [1.54, 1.807) is 18.2 Å². The molecule has 0 saturated heterocycles. The summed E-state index contributed by atoms with van der Waals surface area (Å²) in [5.74, 6) is 0.705. The molecule has 0 aliphatic rings. The van der Waals surface area contributed by atoms with E-state index in [1.165, 1.54) is 0 Å². The van der Waals surface area contributed by atoms with E-state index in [1.807, 2.05) is 0 Å². The highest BCUT2D eigenvalue weighted by atomic mass is 35.5. The Morgan fingerprint density at radius 1 is 1.35 bits per heavy atom. The van der Waals surface area contributed by atoms with Gasteiger partial charge in [-0.05, 0) is 30.7 Å². The first-order valence-corrected chi connectivity index (χ1v) is 6.34. The highest BCUT2D eigenvalue weighted by Gasteiger charge is 2.01. The maximum absolute atomic E-state index is 5.88. The minimum atomic E-state index is 0.481. The lowest BCUT2D eigenvalue weighted by Gasteiger charge is -2.10. The first kappa shape index (κ1) is 14.4. The van der Waals surface area contributed by atoms with Gasteiger partial charge >= 0.3 is 0 Å². The maximum Gasteiger partial charge on any atom is 0.121 e. The van der Waals surface area contributed by atoms with Crippen molar-refractivity contribution >= 4 is 23.2 Å². The zero-order valence-electron chi connectivity index (χ0n) is 9.93. The van der Waals surface area contributed by atoms with Crippen molar-refractivity contribution in [2.75, 3.05) is 19.7 Å². The summed E-state index contributed by atoms with van der Waals surface area (Å²) in [6.45, 7) is 8.31. The molecule has 0 aliphatic heterocycles. The van der Waals surface area contributed by atoms with E-state index in [0.717, 1.165) is 25.1 Å². The zero-order valence-corrected chi connectivity index (χ0v) is 11.4. The van der Waals surface area contributed by atoms with Crippen molar-refractivity contribution in [3.63, 3.8) is 0 Å². The Morgan fingerprint density at radius 2 is 2.12 bits per heavy atom. The second-order valence-corrected chi connectivity index (χ2v) is 4.61. The van der Waals surface area contributed by atoms with Gasteiger partial charge in [-0.2, -0.15) is 0 Å². The molecule has 1 aromatic rings. The summed E-state index contributed by atoms with van der Waals surface area (Å²) in [4.78, 5) is 0. The van der Waals surface area contributed by atoms with Gasteiger partial charge in [0.05, 0.1) is 10.0 Å². The van der Waals surface area contributed by atoms with Crippen LogP contribution in [-0.2, 0) is 0 Å². The second-order valence-electron chi connectivity index (χ2n) is 3.79. The van der Waals surface area contributed by atoms with Crippen molar-refractivity contribution in [2.45, 2.75) is 13.3 Å². The monoisotopic (exact) mass is 273 g/mol. The Kier molecular flexibility index (Phi) is 6.41. The number of hydrogen-bond acceptors (Lipinski definition) is 2. The lowest BCUT2D eigenvalue weighted by molar-refractivity contribution is 0.348. The van der Waals surface area contributed by atoms with Crippen molar-refractivity contribution in [1.82, 2.24) is 5.32 Å². The molecule has 0 aliphatic carbocycles. The average Bonchev–Trinajstić information content (AvgIpc) is 2.31. The lowest BCUT2D eigenvalue weighted by Crippen LogP contribution is -2.20. The SMILES string of the molecule is C=C(CNCCC)COc1ccc(Cl)c(Cl)c1. The van der Waals surface area contributed by atoms with Crippen LogP contribution in [0.15, 0.2) is 30.4 Å². The average molecular weight is 274 g/mol. The summed E-state index contributed by atoms with van der Waals surface area (Å²) in [5, 5.41) is 4.29. The van der Waals surface area contributed by atoms with Crippen LogP contribution in [0.5, 0.6) is 5.75 Å². The van der Waals surface area contributed by atoms with Crippen LogP contribution in [-0.4, -0.2) is 19.7 Å². The summed E-state index contributed by atoms with van der Waals surface area (Å²) >= 11 is 11.7. The third kappa shape index (κ3) is 5.44. The Labute approximate surface area is 113 Å². The first-order chi connectivity index (χ1) is 8.13. The van der Waals surface area contributed by atoms with Crippen molar-refractivity contribution in [3.05, 3.63) is 40.4 Å². The molecule has 0 bridgehead atoms. The molecule has 94 valence electrons. The summed E-state index contributed by atoms with van der Waals surface area (Å²) in [6.07, 6.45) is 1.11. The van der Waals surface area contributed by atoms with Crippen LogP contribution in [0.25, 0.3) is 0 Å². The molecule has 17 heavy (non-hydrogen) atoms. The van der Waals surface area contributed by atoms with Crippen molar-refractivity contribution in [2.24, 2.45) is 0 Å². The minimum Gasteiger partial charge on any atom is -0.489 e. The van der Waals surface area contributed by atoms with E-state index >= 15 is 0 Å². The number of ether oxygens (including phenoxy) is 1. The van der Waals surface area contributed by atoms with E-state index in [4.69, 9.17) is 27.9 Å². The van der Waals surface area contributed by atoms with E-state index in [2.05, 4.69) is 18.8 Å². The van der Waals surface area contributed by atoms with Gasteiger partial charge in [0, 0.05) is 12.6 Å². The number of hydrogen-bond donors (Lipinski definition) is 1. The molecule has 1 N–H and O–H groups in total. The molecular weight excluding hydrogens is 257 g/mol.